The maximum absolute atomic E-state index is 12.7. The van der Waals surface area contributed by atoms with Gasteiger partial charge in [0, 0.05) is 15.6 Å². The molecule has 0 saturated heterocycles. The Morgan fingerprint density at radius 1 is 1.00 bits per heavy atom. The SMILES string of the molecule is O=C(O)C[C@H](NC(=O)c1cccc(-c2ccccc2Cl)n1)c1cccc(Cl)c1. The van der Waals surface area contributed by atoms with E-state index in [0.717, 1.165) is 0 Å². The lowest BCUT2D eigenvalue weighted by molar-refractivity contribution is -0.137. The minimum Gasteiger partial charge on any atom is -0.481 e. The summed E-state index contributed by atoms with van der Waals surface area (Å²) in [6, 6.07) is 18.2. The summed E-state index contributed by atoms with van der Waals surface area (Å²) in [6.45, 7) is 0. The van der Waals surface area contributed by atoms with Crippen molar-refractivity contribution >= 4 is 35.1 Å². The molecule has 28 heavy (non-hydrogen) atoms. The molecule has 3 aromatic rings. The van der Waals surface area contributed by atoms with Crippen LogP contribution in [0, 0.1) is 0 Å². The van der Waals surface area contributed by atoms with E-state index in [2.05, 4.69) is 10.3 Å². The quantitative estimate of drug-likeness (QED) is 0.594. The number of aromatic nitrogens is 1. The van der Waals surface area contributed by atoms with Crippen molar-refractivity contribution in [3.8, 4) is 11.3 Å². The zero-order valence-corrected chi connectivity index (χ0v) is 16.1. The average molecular weight is 415 g/mol. The third kappa shape index (κ3) is 4.88. The minimum absolute atomic E-state index is 0.162. The van der Waals surface area contributed by atoms with E-state index in [1.165, 1.54) is 0 Å². The summed E-state index contributed by atoms with van der Waals surface area (Å²) in [5.74, 6) is -1.52. The van der Waals surface area contributed by atoms with E-state index in [1.807, 2.05) is 18.2 Å². The molecule has 142 valence electrons. The lowest BCUT2D eigenvalue weighted by Gasteiger charge is -2.18. The molecule has 0 fully saturated rings. The second-order valence-corrected chi connectivity index (χ2v) is 6.91. The van der Waals surface area contributed by atoms with Gasteiger partial charge in [0.2, 0.25) is 0 Å². The molecular formula is C21H16Cl2N2O3. The number of carboxylic acids is 1. The number of carboxylic acid groups (broad SMARTS) is 1. The minimum atomic E-state index is -1.04. The maximum atomic E-state index is 12.7. The van der Waals surface area contributed by atoms with Crippen molar-refractivity contribution in [2.75, 3.05) is 0 Å². The molecule has 1 aromatic heterocycles. The molecule has 0 aliphatic carbocycles. The van der Waals surface area contributed by atoms with Crippen molar-refractivity contribution < 1.29 is 14.7 Å². The first-order valence-corrected chi connectivity index (χ1v) is 9.19. The first kappa shape index (κ1) is 19.9. The average Bonchev–Trinajstić information content (AvgIpc) is 2.67. The monoisotopic (exact) mass is 414 g/mol. The molecule has 0 saturated carbocycles. The number of rotatable bonds is 6. The van der Waals surface area contributed by atoms with Crippen LogP contribution in [0.3, 0.4) is 0 Å². The van der Waals surface area contributed by atoms with E-state index in [-0.39, 0.29) is 12.1 Å². The van der Waals surface area contributed by atoms with Gasteiger partial charge < -0.3 is 10.4 Å². The number of hydrogen-bond donors (Lipinski definition) is 2. The molecule has 2 N–H and O–H groups in total. The number of aliphatic carboxylic acids is 1. The van der Waals surface area contributed by atoms with Crippen LogP contribution in [0.5, 0.6) is 0 Å². The number of benzene rings is 2. The Balaban J connectivity index is 1.87. The number of carbonyl (C=O) groups is 2. The molecule has 1 heterocycles. The van der Waals surface area contributed by atoms with Crippen molar-refractivity contribution in [2.45, 2.75) is 12.5 Å². The normalized spacial score (nSPS) is 11.6. The Bertz CT molecular complexity index is 1020. The van der Waals surface area contributed by atoms with Crippen LogP contribution in [0.1, 0.15) is 28.5 Å². The number of hydrogen-bond acceptors (Lipinski definition) is 3. The van der Waals surface area contributed by atoms with E-state index >= 15 is 0 Å². The van der Waals surface area contributed by atoms with Crippen LogP contribution in [0.25, 0.3) is 11.3 Å². The van der Waals surface area contributed by atoms with Gasteiger partial charge in [0.25, 0.3) is 5.91 Å². The number of carbonyl (C=O) groups excluding carboxylic acids is 1. The molecule has 0 spiro atoms. The molecule has 2 aromatic carbocycles. The molecule has 5 nitrogen and oxygen atoms in total. The summed E-state index contributed by atoms with van der Waals surface area (Å²) in [4.78, 5) is 28.4. The number of nitrogens with one attached hydrogen (secondary N) is 1. The van der Waals surface area contributed by atoms with Crippen LogP contribution in [-0.4, -0.2) is 22.0 Å². The largest absolute Gasteiger partial charge is 0.481 e. The van der Waals surface area contributed by atoms with Gasteiger partial charge in [-0.25, -0.2) is 4.98 Å². The molecule has 3 rings (SSSR count). The zero-order valence-electron chi connectivity index (χ0n) is 14.6. The fourth-order valence-electron chi connectivity index (χ4n) is 2.76. The topological polar surface area (TPSA) is 79.3 Å². The van der Waals surface area contributed by atoms with Crippen molar-refractivity contribution in [1.82, 2.24) is 10.3 Å². The third-order valence-electron chi connectivity index (χ3n) is 4.07. The Morgan fingerprint density at radius 3 is 2.46 bits per heavy atom. The summed E-state index contributed by atoms with van der Waals surface area (Å²) in [7, 11) is 0. The highest BCUT2D eigenvalue weighted by Gasteiger charge is 2.20. The smallest absolute Gasteiger partial charge is 0.305 e. The van der Waals surface area contributed by atoms with Gasteiger partial charge >= 0.3 is 5.97 Å². The molecule has 0 bridgehead atoms. The van der Waals surface area contributed by atoms with Gasteiger partial charge in [0.15, 0.2) is 0 Å². The van der Waals surface area contributed by atoms with Crippen LogP contribution in [0.4, 0.5) is 0 Å². The zero-order chi connectivity index (χ0) is 20.1. The first-order chi connectivity index (χ1) is 13.4. The second kappa shape index (κ2) is 8.87. The van der Waals surface area contributed by atoms with Crippen LogP contribution in [0.15, 0.2) is 66.7 Å². The Hall–Kier alpha value is -2.89. The van der Waals surface area contributed by atoms with Crippen LogP contribution in [0.2, 0.25) is 10.0 Å². The van der Waals surface area contributed by atoms with E-state index in [0.29, 0.717) is 26.9 Å². The van der Waals surface area contributed by atoms with Gasteiger partial charge in [-0.05, 0) is 35.9 Å². The number of halogens is 2. The van der Waals surface area contributed by atoms with E-state index in [9.17, 15) is 14.7 Å². The molecule has 1 amide bonds. The Kier molecular flexibility index (Phi) is 6.29. The predicted octanol–water partition coefficient (Wildman–Crippen LogP) is 5.00. The van der Waals surface area contributed by atoms with E-state index in [1.54, 1.807) is 48.5 Å². The summed E-state index contributed by atoms with van der Waals surface area (Å²) in [5.41, 5.74) is 2.02. The molecule has 0 radical (unpaired) electrons. The van der Waals surface area contributed by atoms with Crippen molar-refractivity contribution in [1.29, 1.82) is 0 Å². The van der Waals surface area contributed by atoms with Gasteiger partial charge in [0.1, 0.15) is 5.69 Å². The molecule has 0 unspecified atom stereocenters. The molecular weight excluding hydrogens is 399 g/mol. The highest BCUT2D eigenvalue weighted by molar-refractivity contribution is 6.33. The Morgan fingerprint density at radius 2 is 1.75 bits per heavy atom. The van der Waals surface area contributed by atoms with Crippen LogP contribution >= 0.6 is 23.2 Å². The number of pyridine rings is 1. The van der Waals surface area contributed by atoms with Gasteiger partial charge in [-0.3, -0.25) is 9.59 Å². The second-order valence-electron chi connectivity index (χ2n) is 6.07. The standard InChI is InChI=1S/C21H16Cl2N2O3/c22-14-6-3-5-13(11-14)19(12-20(26)27)25-21(28)18-10-4-9-17(24-18)15-7-1-2-8-16(15)23/h1-11,19H,12H2,(H,25,28)(H,26,27)/t19-/m0/s1. The predicted molar refractivity (Wildman–Crippen MR) is 109 cm³/mol. The lowest BCUT2D eigenvalue weighted by Crippen LogP contribution is -2.30. The van der Waals surface area contributed by atoms with Gasteiger partial charge in [-0.1, -0.05) is 59.6 Å². The summed E-state index contributed by atoms with van der Waals surface area (Å²) in [5, 5.41) is 12.9. The Labute approximate surface area is 171 Å². The third-order valence-corrected chi connectivity index (χ3v) is 4.63. The molecule has 1 atom stereocenters. The highest BCUT2D eigenvalue weighted by Crippen LogP contribution is 2.26. The van der Waals surface area contributed by atoms with Crippen LogP contribution in [-0.2, 0) is 4.79 Å². The number of nitrogens with zero attached hydrogens (tertiary/aromatic N) is 1. The highest BCUT2D eigenvalue weighted by atomic mass is 35.5. The van der Waals surface area contributed by atoms with Gasteiger partial charge in [-0.2, -0.15) is 0 Å². The van der Waals surface area contributed by atoms with Gasteiger partial charge in [-0.15, -0.1) is 0 Å². The molecule has 7 heteroatoms. The number of amides is 1. The van der Waals surface area contributed by atoms with Crippen molar-refractivity contribution in [2.24, 2.45) is 0 Å². The fourth-order valence-corrected chi connectivity index (χ4v) is 3.19. The van der Waals surface area contributed by atoms with E-state index < -0.39 is 17.9 Å². The van der Waals surface area contributed by atoms with Crippen LogP contribution < -0.4 is 5.32 Å². The summed E-state index contributed by atoms with van der Waals surface area (Å²) >= 11 is 12.2. The lowest BCUT2D eigenvalue weighted by atomic mass is 10.0. The van der Waals surface area contributed by atoms with Crippen molar-refractivity contribution in [3.63, 3.8) is 0 Å². The van der Waals surface area contributed by atoms with E-state index in [4.69, 9.17) is 23.2 Å². The van der Waals surface area contributed by atoms with Crippen molar-refractivity contribution in [3.05, 3.63) is 88.0 Å². The summed E-state index contributed by atoms with van der Waals surface area (Å²) < 4.78 is 0. The fraction of sp³-hybridized carbons (Fsp3) is 0.0952. The molecule has 0 aliphatic heterocycles. The first-order valence-electron chi connectivity index (χ1n) is 8.44. The summed E-state index contributed by atoms with van der Waals surface area (Å²) in [6.07, 6.45) is -0.281. The molecule has 0 aliphatic rings. The van der Waals surface area contributed by atoms with Gasteiger partial charge in [0.05, 0.1) is 18.2 Å². The maximum Gasteiger partial charge on any atom is 0.305 e.